The maximum absolute atomic E-state index is 15.6. The Kier molecular flexibility index (Phi) is 6.48. The van der Waals surface area contributed by atoms with Gasteiger partial charge in [0.2, 0.25) is 0 Å². The van der Waals surface area contributed by atoms with Gasteiger partial charge in [-0.1, -0.05) is 18.6 Å². The Labute approximate surface area is 227 Å². The molecule has 2 bridgehead atoms. The minimum atomic E-state index is -0.319. The lowest BCUT2D eigenvalue weighted by atomic mass is 9.83. The highest BCUT2D eigenvalue weighted by Crippen LogP contribution is 2.37. The van der Waals surface area contributed by atoms with Crippen molar-refractivity contribution < 1.29 is 4.39 Å². The van der Waals surface area contributed by atoms with E-state index in [0.29, 0.717) is 46.1 Å². The number of pyridine rings is 1. The molecule has 2 aromatic heterocycles. The number of hydrogen-bond donors (Lipinski definition) is 4. The first-order chi connectivity index (χ1) is 19.1. The van der Waals surface area contributed by atoms with Crippen LogP contribution < -0.4 is 16.2 Å². The second-order valence-corrected chi connectivity index (χ2v) is 11.4. The fraction of sp³-hybridized carbons (Fsp3) is 0.467. The molecule has 1 atom stereocenters. The Balaban J connectivity index is 1.27. The molecule has 8 rings (SSSR count). The molecule has 39 heavy (non-hydrogen) atoms. The quantitative estimate of drug-likeness (QED) is 0.279. The lowest BCUT2D eigenvalue weighted by molar-refractivity contribution is 0.0976. The number of likely N-dealkylation sites (tertiary alicyclic amines) is 1. The van der Waals surface area contributed by atoms with Gasteiger partial charge in [0, 0.05) is 31.1 Å². The minimum absolute atomic E-state index is 0.200. The van der Waals surface area contributed by atoms with Crippen LogP contribution in [0.1, 0.15) is 32.1 Å². The zero-order valence-electron chi connectivity index (χ0n) is 22.2. The highest BCUT2D eigenvalue weighted by Gasteiger charge is 2.35. The van der Waals surface area contributed by atoms with Crippen LogP contribution in [0.5, 0.6) is 0 Å². The summed E-state index contributed by atoms with van der Waals surface area (Å²) < 4.78 is 15.6. The molecule has 0 radical (unpaired) electrons. The van der Waals surface area contributed by atoms with Crippen molar-refractivity contribution in [2.75, 3.05) is 56.4 Å². The van der Waals surface area contributed by atoms with Gasteiger partial charge in [0.05, 0.1) is 27.9 Å². The molecule has 4 N–H and O–H groups in total. The van der Waals surface area contributed by atoms with E-state index >= 15 is 4.39 Å². The monoisotopic (exact) mass is 529 g/mol. The summed E-state index contributed by atoms with van der Waals surface area (Å²) in [6.45, 7) is 6.92. The number of aromatic amines is 2. The molecular weight excluding hydrogens is 493 g/mol. The highest BCUT2D eigenvalue weighted by molar-refractivity contribution is 6.00. The number of aromatic nitrogens is 3. The molecule has 4 aromatic rings. The minimum Gasteiger partial charge on any atom is -0.381 e. The smallest absolute Gasteiger partial charge is 0.261 e. The number of halogens is 1. The molecular formula is C30H36FN7O. The van der Waals surface area contributed by atoms with Gasteiger partial charge in [-0.2, -0.15) is 0 Å². The van der Waals surface area contributed by atoms with E-state index in [9.17, 15) is 4.79 Å². The van der Waals surface area contributed by atoms with E-state index in [1.54, 1.807) is 12.1 Å². The summed E-state index contributed by atoms with van der Waals surface area (Å²) in [5.41, 5.74) is 3.54. The van der Waals surface area contributed by atoms with E-state index in [0.717, 1.165) is 63.1 Å². The first-order valence-corrected chi connectivity index (χ1v) is 14.4. The summed E-state index contributed by atoms with van der Waals surface area (Å²) in [4.78, 5) is 29.7. The Morgan fingerprint density at radius 3 is 2.59 bits per heavy atom. The van der Waals surface area contributed by atoms with Gasteiger partial charge in [-0.25, -0.2) is 9.37 Å². The number of hydrogen-bond acceptors (Lipinski definition) is 6. The molecule has 6 heterocycles. The van der Waals surface area contributed by atoms with E-state index in [-0.39, 0.29) is 17.4 Å². The molecule has 2 aromatic carbocycles. The standard InChI is InChI=1S/C30H36FN7O/c31-21-16-20-24(17-25(21)32-10-15-37-11-4-1-5-12-37)36-30(39)27(29-34-22-6-2-3-7-23(22)35-29)28(20)33-26-18-38-13-8-19(26)9-14-38/h2-3,6-7,16-17,19,26,32H,1,4-5,8-15,18H2,(H,34,35)(H2,33,36,39)/t26-/m1/s1. The molecule has 4 fully saturated rings. The van der Waals surface area contributed by atoms with E-state index in [1.165, 1.54) is 19.3 Å². The number of piperidine rings is 4. The molecule has 204 valence electrons. The van der Waals surface area contributed by atoms with Crippen molar-refractivity contribution in [1.82, 2.24) is 24.8 Å². The maximum atomic E-state index is 15.6. The Morgan fingerprint density at radius 1 is 1.00 bits per heavy atom. The second-order valence-electron chi connectivity index (χ2n) is 11.4. The lowest BCUT2D eigenvalue weighted by Crippen LogP contribution is -2.53. The predicted octanol–water partition coefficient (Wildman–Crippen LogP) is 4.61. The number of fused-ring (bicyclic) bond motifs is 5. The first kappa shape index (κ1) is 24.6. The van der Waals surface area contributed by atoms with E-state index in [4.69, 9.17) is 4.98 Å². The average molecular weight is 530 g/mol. The molecule has 9 heteroatoms. The third-order valence-corrected chi connectivity index (χ3v) is 8.91. The summed E-state index contributed by atoms with van der Waals surface area (Å²) in [5.74, 6) is 0.710. The van der Waals surface area contributed by atoms with Gasteiger partial charge in [-0.3, -0.25) is 4.79 Å². The van der Waals surface area contributed by atoms with Crippen LogP contribution in [0, 0.1) is 11.7 Å². The normalized spacial score (nSPS) is 23.5. The molecule has 0 amide bonds. The summed E-state index contributed by atoms with van der Waals surface area (Å²) in [6.07, 6.45) is 6.03. The van der Waals surface area contributed by atoms with E-state index < -0.39 is 0 Å². The molecule has 4 aliphatic rings. The first-order valence-electron chi connectivity index (χ1n) is 14.4. The van der Waals surface area contributed by atoms with Crippen LogP contribution in [0.3, 0.4) is 0 Å². The number of anilines is 2. The summed E-state index contributed by atoms with van der Waals surface area (Å²) in [5, 5.41) is 7.67. The van der Waals surface area contributed by atoms with Crippen LogP contribution in [0.4, 0.5) is 15.8 Å². The summed E-state index contributed by atoms with van der Waals surface area (Å²) in [6, 6.07) is 11.2. The second kappa shape index (κ2) is 10.3. The van der Waals surface area contributed by atoms with Crippen molar-refractivity contribution >= 4 is 33.3 Å². The molecule has 8 nitrogen and oxygen atoms in total. The van der Waals surface area contributed by atoms with Gasteiger partial charge in [0.15, 0.2) is 0 Å². The van der Waals surface area contributed by atoms with Crippen molar-refractivity contribution in [3.63, 3.8) is 0 Å². The van der Waals surface area contributed by atoms with Crippen LogP contribution in [0.2, 0.25) is 0 Å². The third kappa shape index (κ3) is 4.78. The number of nitrogens with zero attached hydrogens (tertiary/aromatic N) is 3. The Bertz CT molecular complexity index is 1520. The van der Waals surface area contributed by atoms with Crippen molar-refractivity contribution in [3.05, 3.63) is 52.6 Å². The van der Waals surface area contributed by atoms with Crippen LogP contribution in [-0.2, 0) is 0 Å². The van der Waals surface area contributed by atoms with Gasteiger partial charge in [-0.15, -0.1) is 0 Å². The van der Waals surface area contributed by atoms with E-state index in [1.807, 2.05) is 24.3 Å². The van der Waals surface area contributed by atoms with Gasteiger partial charge in [0.25, 0.3) is 5.56 Å². The maximum Gasteiger partial charge on any atom is 0.261 e. The van der Waals surface area contributed by atoms with Crippen molar-refractivity contribution in [1.29, 1.82) is 0 Å². The van der Waals surface area contributed by atoms with E-state index in [2.05, 4.69) is 30.4 Å². The molecule has 4 saturated heterocycles. The predicted molar refractivity (Wildman–Crippen MR) is 155 cm³/mol. The van der Waals surface area contributed by atoms with Crippen LogP contribution in [0.15, 0.2) is 41.2 Å². The van der Waals surface area contributed by atoms with Crippen LogP contribution in [-0.4, -0.2) is 76.6 Å². The lowest BCUT2D eigenvalue weighted by Gasteiger charge is -2.45. The zero-order valence-corrected chi connectivity index (χ0v) is 22.2. The molecule has 0 aliphatic carbocycles. The average Bonchev–Trinajstić information content (AvgIpc) is 3.39. The van der Waals surface area contributed by atoms with Gasteiger partial charge >= 0.3 is 0 Å². The number of imidazole rings is 1. The summed E-state index contributed by atoms with van der Waals surface area (Å²) >= 11 is 0. The topological polar surface area (TPSA) is 92.1 Å². The van der Waals surface area contributed by atoms with Gasteiger partial charge in [-0.05, 0) is 82.0 Å². The molecule has 0 spiro atoms. The van der Waals surface area contributed by atoms with Gasteiger partial charge < -0.3 is 30.4 Å². The molecule has 0 saturated carbocycles. The van der Waals surface area contributed by atoms with Crippen LogP contribution in [0.25, 0.3) is 33.3 Å². The molecule has 4 aliphatic heterocycles. The number of nitrogens with one attached hydrogen (secondary N) is 4. The van der Waals surface area contributed by atoms with Crippen molar-refractivity contribution in [2.45, 2.75) is 38.1 Å². The van der Waals surface area contributed by atoms with Crippen molar-refractivity contribution in [2.24, 2.45) is 5.92 Å². The SMILES string of the molecule is O=c1[nH]c2cc(NCCN3CCCCC3)c(F)cc2c(N[C@@H]2CN3CCC2CC3)c1-c1nc2ccccc2[nH]1. The third-order valence-electron chi connectivity index (χ3n) is 8.91. The zero-order chi connectivity index (χ0) is 26.3. The largest absolute Gasteiger partial charge is 0.381 e. The Hall–Kier alpha value is -3.43. The number of H-pyrrole nitrogens is 2. The number of rotatable bonds is 7. The van der Waals surface area contributed by atoms with Crippen molar-refractivity contribution in [3.8, 4) is 11.4 Å². The molecule has 0 unspecified atom stereocenters. The number of para-hydroxylation sites is 2. The fourth-order valence-electron chi connectivity index (χ4n) is 6.74. The Morgan fingerprint density at radius 2 is 1.82 bits per heavy atom. The van der Waals surface area contributed by atoms with Crippen LogP contribution >= 0.6 is 0 Å². The summed E-state index contributed by atoms with van der Waals surface area (Å²) in [7, 11) is 0. The number of benzene rings is 2. The van der Waals surface area contributed by atoms with Gasteiger partial charge in [0.1, 0.15) is 17.2 Å². The highest BCUT2D eigenvalue weighted by atomic mass is 19.1. The fourth-order valence-corrected chi connectivity index (χ4v) is 6.74.